The van der Waals surface area contributed by atoms with Crippen molar-refractivity contribution in [1.29, 1.82) is 0 Å². The van der Waals surface area contributed by atoms with Crippen LogP contribution in [-0.2, 0) is 6.54 Å². The summed E-state index contributed by atoms with van der Waals surface area (Å²) in [4.78, 5) is 12.0. The zero-order chi connectivity index (χ0) is 13.2. The number of furan rings is 1. The second-order valence-electron chi connectivity index (χ2n) is 3.92. The second-order valence-corrected chi connectivity index (χ2v) is 3.92. The number of carbonyl (C=O) groups excluding carboxylic acids is 1. The number of fused-ring (bicyclic) bond motifs is 1. The minimum Gasteiger partial charge on any atom is -0.451 e. The van der Waals surface area contributed by atoms with Gasteiger partial charge in [-0.05, 0) is 29.5 Å². The van der Waals surface area contributed by atoms with Gasteiger partial charge in [0.2, 0.25) is 5.95 Å². The molecule has 1 N–H and O–H groups in total. The maximum Gasteiger partial charge on any atom is 0.293 e. The van der Waals surface area contributed by atoms with Crippen molar-refractivity contribution in [1.82, 2.24) is 20.2 Å². The summed E-state index contributed by atoms with van der Waals surface area (Å²) < 4.78 is 6.95. The second kappa shape index (κ2) is 4.52. The molecule has 0 spiro atoms. The summed E-state index contributed by atoms with van der Waals surface area (Å²) in [6.45, 7) is 2.45. The summed E-state index contributed by atoms with van der Waals surface area (Å²) in [5, 5.41) is 14.5. The highest BCUT2D eigenvalue weighted by Crippen LogP contribution is 2.19. The number of nitrogens with one attached hydrogen (secondary N) is 1. The number of rotatable bonds is 3. The molecular formula is C12H11N5O2. The van der Waals surface area contributed by atoms with Gasteiger partial charge in [0, 0.05) is 11.9 Å². The summed E-state index contributed by atoms with van der Waals surface area (Å²) in [6.07, 6.45) is 0. The van der Waals surface area contributed by atoms with Crippen molar-refractivity contribution in [3.8, 4) is 0 Å². The molecule has 2 aromatic heterocycles. The zero-order valence-corrected chi connectivity index (χ0v) is 10.2. The Morgan fingerprint density at radius 3 is 3.05 bits per heavy atom. The van der Waals surface area contributed by atoms with Crippen LogP contribution in [0.3, 0.4) is 0 Å². The van der Waals surface area contributed by atoms with E-state index in [4.69, 9.17) is 4.42 Å². The minimum atomic E-state index is -0.374. The molecule has 0 bridgehead atoms. The Morgan fingerprint density at radius 2 is 2.26 bits per heavy atom. The average Bonchev–Trinajstić information content (AvgIpc) is 3.03. The highest BCUT2D eigenvalue weighted by Gasteiger charge is 2.15. The van der Waals surface area contributed by atoms with Gasteiger partial charge in [-0.1, -0.05) is 23.3 Å². The number of aryl methyl sites for hydroxylation is 1. The Hall–Kier alpha value is -2.70. The Labute approximate surface area is 108 Å². The Morgan fingerprint density at radius 1 is 1.42 bits per heavy atom. The maximum atomic E-state index is 12.0. The fourth-order valence-electron chi connectivity index (χ4n) is 1.76. The molecule has 0 atom stereocenters. The maximum absolute atomic E-state index is 12.0. The van der Waals surface area contributed by atoms with Crippen molar-refractivity contribution < 1.29 is 9.21 Å². The van der Waals surface area contributed by atoms with Gasteiger partial charge in [0.25, 0.3) is 5.91 Å². The van der Waals surface area contributed by atoms with E-state index < -0.39 is 0 Å². The van der Waals surface area contributed by atoms with Gasteiger partial charge < -0.3 is 4.42 Å². The molecule has 0 fully saturated rings. The third kappa shape index (κ3) is 2.05. The molecule has 0 radical (unpaired) electrons. The number of para-hydroxylation sites is 1. The third-order valence-electron chi connectivity index (χ3n) is 2.71. The van der Waals surface area contributed by atoms with Gasteiger partial charge in [0.15, 0.2) is 5.76 Å². The van der Waals surface area contributed by atoms with E-state index in [1.54, 1.807) is 6.07 Å². The molecule has 0 aliphatic rings. The van der Waals surface area contributed by atoms with Crippen LogP contribution in [0.4, 0.5) is 5.95 Å². The van der Waals surface area contributed by atoms with Gasteiger partial charge in [0.05, 0.1) is 0 Å². The monoisotopic (exact) mass is 257 g/mol. The molecule has 19 heavy (non-hydrogen) atoms. The topological polar surface area (TPSA) is 85.8 Å². The molecule has 1 amide bonds. The largest absolute Gasteiger partial charge is 0.451 e. The summed E-state index contributed by atoms with van der Waals surface area (Å²) in [5.74, 6) is 0.153. The standard InChI is InChI=1S/C12H11N5O2/c1-2-17-12(14-15-16-17)13-11(18)10-7-8-5-3-4-6-9(8)19-10/h3-7H,2H2,1H3,(H,13,14,16,18). The molecule has 0 aliphatic carbocycles. The van der Waals surface area contributed by atoms with E-state index >= 15 is 0 Å². The first-order valence-electron chi connectivity index (χ1n) is 5.84. The zero-order valence-electron chi connectivity index (χ0n) is 10.2. The average molecular weight is 257 g/mol. The van der Waals surface area contributed by atoms with Crippen LogP contribution in [0.1, 0.15) is 17.5 Å². The van der Waals surface area contributed by atoms with Crippen molar-refractivity contribution >= 4 is 22.8 Å². The lowest BCUT2D eigenvalue weighted by Gasteiger charge is -2.01. The van der Waals surface area contributed by atoms with Gasteiger partial charge in [-0.2, -0.15) is 0 Å². The van der Waals surface area contributed by atoms with Crippen LogP contribution in [-0.4, -0.2) is 26.1 Å². The van der Waals surface area contributed by atoms with E-state index in [0.29, 0.717) is 18.1 Å². The van der Waals surface area contributed by atoms with Gasteiger partial charge in [-0.15, -0.1) is 0 Å². The van der Waals surface area contributed by atoms with E-state index in [-0.39, 0.29) is 11.7 Å². The van der Waals surface area contributed by atoms with Crippen molar-refractivity contribution in [2.24, 2.45) is 0 Å². The third-order valence-corrected chi connectivity index (χ3v) is 2.71. The van der Waals surface area contributed by atoms with Gasteiger partial charge >= 0.3 is 0 Å². The van der Waals surface area contributed by atoms with Crippen LogP contribution in [0, 0.1) is 0 Å². The first-order chi connectivity index (χ1) is 9.28. The number of benzene rings is 1. The first kappa shape index (κ1) is 11.4. The number of aromatic nitrogens is 4. The van der Waals surface area contributed by atoms with E-state index in [0.717, 1.165) is 5.39 Å². The number of hydrogen-bond donors (Lipinski definition) is 1. The SMILES string of the molecule is CCn1nnnc1NC(=O)c1cc2ccccc2o1. The van der Waals surface area contributed by atoms with Crippen molar-refractivity contribution in [3.63, 3.8) is 0 Å². The minimum absolute atomic E-state index is 0.229. The highest BCUT2D eigenvalue weighted by atomic mass is 16.3. The molecule has 7 heteroatoms. The lowest BCUT2D eigenvalue weighted by molar-refractivity contribution is 0.0997. The molecule has 2 heterocycles. The smallest absolute Gasteiger partial charge is 0.293 e. The number of anilines is 1. The molecule has 1 aromatic carbocycles. The van der Waals surface area contributed by atoms with Crippen LogP contribution in [0.15, 0.2) is 34.7 Å². The van der Waals surface area contributed by atoms with Crippen molar-refractivity contribution in [2.45, 2.75) is 13.5 Å². The molecule has 0 unspecified atom stereocenters. The predicted molar refractivity (Wildman–Crippen MR) is 67.7 cm³/mol. The Bertz CT molecular complexity index is 697. The Kier molecular flexibility index (Phi) is 2.71. The summed E-state index contributed by atoms with van der Waals surface area (Å²) in [7, 11) is 0. The molecular weight excluding hydrogens is 246 g/mol. The fraction of sp³-hybridized carbons (Fsp3) is 0.167. The van der Waals surface area contributed by atoms with E-state index in [2.05, 4.69) is 20.8 Å². The van der Waals surface area contributed by atoms with E-state index in [9.17, 15) is 4.79 Å². The van der Waals surface area contributed by atoms with Crippen LogP contribution in [0.2, 0.25) is 0 Å². The van der Waals surface area contributed by atoms with Gasteiger partial charge in [-0.3, -0.25) is 10.1 Å². The highest BCUT2D eigenvalue weighted by molar-refractivity contribution is 6.03. The summed E-state index contributed by atoms with van der Waals surface area (Å²) >= 11 is 0. The van der Waals surface area contributed by atoms with Crippen LogP contribution in [0.25, 0.3) is 11.0 Å². The quantitative estimate of drug-likeness (QED) is 0.771. The summed E-state index contributed by atoms with van der Waals surface area (Å²) in [5.41, 5.74) is 0.669. The molecule has 96 valence electrons. The molecule has 0 saturated heterocycles. The molecule has 3 aromatic rings. The number of tetrazole rings is 1. The number of hydrogen-bond acceptors (Lipinski definition) is 5. The fourth-order valence-corrected chi connectivity index (χ4v) is 1.76. The number of carbonyl (C=O) groups is 1. The number of amides is 1. The molecule has 0 aliphatic heterocycles. The molecule has 3 rings (SSSR count). The van der Waals surface area contributed by atoms with Gasteiger partial charge in [-0.25, -0.2) is 4.68 Å². The van der Waals surface area contributed by atoms with Crippen molar-refractivity contribution in [2.75, 3.05) is 5.32 Å². The normalized spacial score (nSPS) is 10.8. The lowest BCUT2D eigenvalue weighted by atomic mass is 10.2. The predicted octanol–water partition coefficient (Wildman–Crippen LogP) is 1.69. The van der Waals surface area contributed by atoms with E-state index in [1.807, 2.05) is 31.2 Å². The van der Waals surface area contributed by atoms with Gasteiger partial charge in [0.1, 0.15) is 5.58 Å². The first-order valence-corrected chi connectivity index (χ1v) is 5.84. The van der Waals surface area contributed by atoms with E-state index in [1.165, 1.54) is 4.68 Å². The van der Waals surface area contributed by atoms with Crippen LogP contribution < -0.4 is 5.32 Å². The Balaban J connectivity index is 1.87. The molecule has 7 nitrogen and oxygen atoms in total. The van der Waals surface area contributed by atoms with Crippen LogP contribution in [0.5, 0.6) is 0 Å². The number of nitrogens with zero attached hydrogens (tertiary/aromatic N) is 4. The van der Waals surface area contributed by atoms with Crippen LogP contribution >= 0.6 is 0 Å². The molecule has 0 saturated carbocycles. The lowest BCUT2D eigenvalue weighted by Crippen LogP contribution is -2.15. The summed E-state index contributed by atoms with van der Waals surface area (Å²) in [6, 6.07) is 9.11. The van der Waals surface area contributed by atoms with Crippen molar-refractivity contribution in [3.05, 3.63) is 36.1 Å².